The van der Waals surface area contributed by atoms with E-state index in [0.29, 0.717) is 23.3 Å². The number of carbonyl (C=O) groups is 1. The summed E-state index contributed by atoms with van der Waals surface area (Å²) in [5.41, 5.74) is 0.658. The van der Waals surface area contributed by atoms with Gasteiger partial charge in [0.25, 0.3) is 0 Å². The van der Waals surface area contributed by atoms with Crippen molar-refractivity contribution >= 4 is 23.2 Å². The summed E-state index contributed by atoms with van der Waals surface area (Å²) in [5, 5.41) is 6.54. The van der Waals surface area contributed by atoms with Gasteiger partial charge in [-0.15, -0.1) is 0 Å². The van der Waals surface area contributed by atoms with Crippen molar-refractivity contribution in [1.29, 1.82) is 0 Å². The first kappa shape index (κ1) is 14.0. The van der Waals surface area contributed by atoms with Crippen molar-refractivity contribution in [1.82, 2.24) is 5.32 Å². The van der Waals surface area contributed by atoms with Crippen LogP contribution in [0.25, 0.3) is 0 Å². The second-order valence-electron chi connectivity index (χ2n) is 3.92. The highest BCUT2D eigenvalue weighted by atomic mass is 35.5. The minimum absolute atomic E-state index is 0.0648. The number of amides is 1. The van der Waals surface area contributed by atoms with Crippen molar-refractivity contribution in [3.8, 4) is 0 Å². The van der Waals surface area contributed by atoms with Crippen LogP contribution in [0, 0.1) is 0 Å². The fraction of sp³-hybridized carbons (Fsp3) is 0.462. The molecule has 0 aliphatic carbocycles. The molecule has 1 amide bonds. The van der Waals surface area contributed by atoms with E-state index in [1.165, 1.54) is 0 Å². The van der Waals surface area contributed by atoms with E-state index in [1.807, 2.05) is 12.1 Å². The Morgan fingerprint density at radius 3 is 2.53 bits per heavy atom. The van der Waals surface area contributed by atoms with E-state index in [-0.39, 0.29) is 5.91 Å². The van der Waals surface area contributed by atoms with E-state index in [4.69, 9.17) is 11.6 Å². The summed E-state index contributed by atoms with van der Waals surface area (Å²) >= 11 is 5.95. The van der Waals surface area contributed by atoms with Gasteiger partial charge in [0.1, 0.15) is 0 Å². The monoisotopic (exact) mass is 254 g/mol. The second-order valence-corrected chi connectivity index (χ2v) is 4.33. The van der Waals surface area contributed by atoms with Gasteiger partial charge in [-0.1, -0.05) is 37.6 Å². The van der Waals surface area contributed by atoms with E-state index in [1.54, 1.807) is 12.1 Å². The van der Waals surface area contributed by atoms with E-state index >= 15 is 0 Å². The molecule has 1 rings (SSSR count). The van der Waals surface area contributed by atoms with E-state index < -0.39 is 0 Å². The van der Waals surface area contributed by atoms with Crippen LogP contribution in [0.3, 0.4) is 0 Å². The molecule has 0 bridgehead atoms. The maximum absolute atomic E-state index is 11.7. The van der Waals surface area contributed by atoms with Gasteiger partial charge in [0.05, 0.1) is 17.3 Å². The van der Waals surface area contributed by atoms with Gasteiger partial charge in [0.2, 0.25) is 5.91 Å². The van der Waals surface area contributed by atoms with Crippen LogP contribution in [-0.4, -0.2) is 18.5 Å². The molecule has 17 heavy (non-hydrogen) atoms. The number of para-hydroxylation sites is 1. The zero-order valence-corrected chi connectivity index (χ0v) is 11.1. The van der Waals surface area contributed by atoms with Crippen molar-refractivity contribution in [3.63, 3.8) is 0 Å². The maximum Gasteiger partial charge on any atom is 0.238 e. The quantitative estimate of drug-likeness (QED) is 0.819. The van der Waals surface area contributed by atoms with Crippen LogP contribution in [0.2, 0.25) is 5.02 Å². The molecule has 0 aliphatic heterocycles. The van der Waals surface area contributed by atoms with Crippen LogP contribution in [0.1, 0.15) is 26.7 Å². The van der Waals surface area contributed by atoms with Gasteiger partial charge >= 0.3 is 0 Å². The number of carbonyl (C=O) groups excluding carboxylic acids is 1. The molecule has 0 unspecified atom stereocenters. The van der Waals surface area contributed by atoms with Gasteiger partial charge in [0, 0.05) is 6.04 Å². The molecule has 94 valence electrons. The predicted octanol–water partition coefficient (Wildman–Crippen LogP) is 3.06. The molecule has 0 spiro atoms. The standard InChI is InChI=1S/C13H19ClN2O/c1-3-10(4-2)15-9-13(17)16-12-8-6-5-7-11(12)14/h5-8,10,15H,3-4,9H2,1-2H3,(H,16,17). The third-order valence-corrected chi connectivity index (χ3v) is 3.01. The highest BCUT2D eigenvalue weighted by molar-refractivity contribution is 6.33. The van der Waals surface area contributed by atoms with Gasteiger partial charge in [-0.3, -0.25) is 4.79 Å². The molecule has 0 saturated carbocycles. The first-order valence-electron chi connectivity index (χ1n) is 5.95. The SMILES string of the molecule is CCC(CC)NCC(=O)Nc1ccccc1Cl. The maximum atomic E-state index is 11.7. The van der Waals surface area contributed by atoms with Crippen molar-refractivity contribution in [2.75, 3.05) is 11.9 Å². The number of benzene rings is 1. The summed E-state index contributed by atoms with van der Waals surface area (Å²) in [4.78, 5) is 11.7. The fourth-order valence-electron chi connectivity index (χ4n) is 1.57. The van der Waals surface area contributed by atoms with Gasteiger partial charge in [-0.25, -0.2) is 0 Å². The third kappa shape index (κ3) is 4.75. The predicted molar refractivity (Wildman–Crippen MR) is 72.5 cm³/mol. The molecule has 1 aromatic rings. The Hall–Kier alpha value is -1.06. The normalized spacial score (nSPS) is 10.6. The summed E-state index contributed by atoms with van der Waals surface area (Å²) in [5.74, 6) is -0.0648. The van der Waals surface area contributed by atoms with E-state index in [0.717, 1.165) is 12.8 Å². The fourth-order valence-corrected chi connectivity index (χ4v) is 1.75. The molecule has 1 aromatic carbocycles. The second kappa shape index (κ2) is 7.30. The summed E-state index contributed by atoms with van der Waals surface area (Å²) in [6.45, 7) is 4.53. The lowest BCUT2D eigenvalue weighted by Crippen LogP contribution is -2.35. The molecule has 0 heterocycles. The average Bonchev–Trinajstić information content (AvgIpc) is 2.33. The average molecular weight is 255 g/mol. The number of anilines is 1. The van der Waals surface area contributed by atoms with Crippen molar-refractivity contribution < 1.29 is 4.79 Å². The van der Waals surface area contributed by atoms with Crippen LogP contribution < -0.4 is 10.6 Å². The lowest BCUT2D eigenvalue weighted by atomic mass is 10.2. The van der Waals surface area contributed by atoms with Crippen LogP contribution in [0.4, 0.5) is 5.69 Å². The smallest absolute Gasteiger partial charge is 0.238 e. The molecule has 4 heteroatoms. The van der Waals surface area contributed by atoms with Crippen molar-refractivity contribution in [2.45, 2.75) is 32.7 Å². The molecule has 0 radical (unpaired) electrons. The Bertz CT molecular complexity index is 364. The van der Waals surface area contributed by atoms with Gasteiger partial charge < -0.3 is 10.6 Å². The number of halogens is 1. The Balaban J connectivity index is 2.42. The Kier molecular flexibility index (Phi) is 6.01. The van der Waals surface area contributed by atoms with Gasteiger partial charge in [-0.2, -0.15) is 0 Å². The molecule has 2 N–H and O–H groups in total. The summed E-state index contributed by atoms with van der Waals surface area (Å²) in [6.07, 6.45) is 2.05. The first-order valence-corrected chi connectivity index (χ1v) is 6.32. The zero-order valence-electron chi connectivity index (χ0n) is 10.3. The minimum Gasteiger partial charge on any atom is -0.324 e. The Morgan fingerprint density at radius 2 is 1.94 bits per heavy atom. The molecule has 0 saturated heterocycles. The Labute approximate surface area is 108 Å². The van der Waals surface area contributed by atoms with Gasteiger partial charge in [0.15, 0.2) is 0 Å². The lowest BCUT2D eigenvalue weighted by molar-refractivity contribution is -0.115. The molecular formula is C13H19ClN2O. The highest BCUT2D eigenvalue weighted by Crippen LogP contribution is 2.19. The molecule has 0 aromatic heterocycles. The number of nitrogens with one attached hydrogen (secondary N) is 2. The summed E-state index contributed by atoms with van der Waals surface area (Å²) in [7, 11) is 0. The molecule has 0 fully saturated rings. The van der Waals surface area contributed by atoms with Gasteiger partial charge in [-0.05, 0) is 25.0 Å². The van der Waals surface area contributed by atoms with E-state index in [9.17, 15) is 4.79 Å². The largest absolute Gasteiger partial charge is 0.324 e. The molecular weight excluding hydrogens is 236 g/mol. The van der Waals surface area contributed by atoms with Crippen LogP contribution >= 0.6 is 11.6 Å². The lowest BCUT2D eigenvalue weighted by Gasteiger charge is -2.14. The Morgan fingerprint density at radius 1 is 1.29 bits per heavy atom. The van der Waals surface area contributed by atoms with Crippen LogP contribution in [0.5, 0.6) is 0 Å². The van der Waals surface area contributed by atoms with E-state index in [2.05, 4.69) is 24.5 Å². The topological polar surface area (TPSA) is 41.1 Å². The van der Waals surface area contributed by atoms with Crippen molar-refractivity contribution in [3.05, 3.63) is 29.3 Å². The molecule has 0 aliphatic rings. The summed E-state index contributed by atoms with van der Waals surface area (Å²) < 4.78 is 0. The molecule has 0 atom stereocenters. The summed E-state index contributed by atoms with van der Waals surface area (Å²) in [6, 6.07) is 7.62. The van der Waals surface area contributed by atoms with Crippen molar-refractivity contribution in [2.24, 2.45) is 0 Å². The number of hydrogen-bond donors (Lipinski definition) is 2. The molecule has 3 nitrogen and oxygen atoms in total. The number of rotatable bonds is 6. The third-order valence-electron chi connectivity index (χ3n) is 2.68. The highest BCUT2D eigenvalue weighted by Gasteiger charge is 2.07. The van der Waals surface area contributed by atoms with Crippen LogP contribution in [0.15, 0.2) is 24.3 Å². The minimum atomic E-state index is -0.0648. The number of hydrogen-bond acceptors (Lipinski definition) is 2. The van der Waals surface area contributed by atoms with Crippen LogP contribution in [-0.2, 0) is 4.79 Å². The zero-order chi connectivity index (χ0) is 12.7. The first-order chi connectivity index (χ1) is 8.17.